The minimum Gasteiger partial charge on any atom is -0.480 e. The third-order valence-electron chi connectivity index (χ3n) is 2.47. The van der Waals surface area contributed by atoms with Gasteiger partial charge in [-0.05, 0) is 13.8 Å². The van der Waals surface area contributed by atoms with Gasteiger partial charge in [-0.15, -0.1) is 0 Å². The van der Waals surface area contributed by atoms with E-state index in [4.69, 9.17) is 5.11 Å². The summed E-state index contributed by atoms with van der Waals surface area (Å²) in [6.07, 6.45) is 0. The first kappa shape index (κ1) is 13.1. The lowest BCUT2D eigenvalue weighted by molar-refractivity contribution is -0.385. The Hall–Kier alpha value is -1.95. The van der Waals surface area contributed by atoms with Gasteiger partial charge in [-0.1, -0.05) is 18.2 Å². The summed E-state index contributed by atoms with van der Waals surface area (Å²) in [4.78, 5) is 21.0. The number of nitrogens with zero attached hydrogens (tertiary/aromatic N) is 1. The molecule has 92 valence electrons. The molecule has 0 radical (unpaired) electrons. The Kier molecular flexibility index (Phi) is 4.17. The Balaban J connectivity index is 2.92. The van der Waals surface area contributed by atoms with Crippen LogP contribution in [0, 0.1) is 10.1 Å². The molecular weight excluding hydrogens is 224 g/mol. The Bertz CT molecular complexity index is 433. The van der Waals surface area contributed by atoms with Crippen molar-refractivity contribution in [2.24, 2.45) is 0 Å². The van der Waals surface area contributed by atoms with Gasteiger partial charge in [0.15, 0.2) is 0 Å². The van der Waals surface area contributed by atoms with Crippen LogP contribution in [0.15, 0.2) is 24.3 Å². The Labute approximate surface area is 98.4 Å². The second kappa shape index (κ2) is 5.40. The number of nitro benzene ring substituents is 1. The lowest BCUT2D eigenvalue weighted by Crippen LogP contribution is -2.35. The van der Waals surface area contributed by atoms with Crippen LogP contribution in [0.1, 0.15) is 25.5 Å². The highest BCUT2D eigenvalue weighted by Gasteiger charge is 2.21. The third-order valence-corrected chi connectivity index (χ3v) is 2.47. The van der Waals surface area contributed by atoms with E-state index in [9.17, 15) is 14.9 Å². The zero-order valence-corrected chi connectivity index (χ0v) is 9.58. The number of hydrogen-bond acceptors (Lipinski definition) is 4. The van der Waals surface area contributed by atoms with Crippen molar-refractivity contribution in [3.8, 4) is 0 Å². The Morgan fingerprint density at radius 1 is 1.41 bits per heavy atom. The molecule has 1 aromatic carbocycles. The minimum atomic E-state index is -0.990. The molecular formula is C11H14N2O4. The smallest absolute Gasteiger partial charge is 0.320 e. The van der Waals surface area contributed by atoms with Gasteiger partial charge in [0.25, 0.3) is 5.69 Å². The van der Waals surface area contributed by atoms with E-state index in [1.807, 2.05) is 0 Å². The monoisotopic (exact) mass is 238 g/mol. The fourth-order valence-electron chi connectivity index (χ4n) is 1.56. The number of para-hydroxylation sites is 1. The molecule has 1 rings (SSSR count). The first-order chi connectivity index (χ1) is 7.93. The largest absolute Gasteiger partial charge is 0.480 e. The SMILES string of the molecule is CC(NC(C)c1ccccc1[N+](=O)[O-])C(=O)O. The number of hydrogen-bond donors (Lipinski definition) is 2. The molecule has 17 heavy (non-hydrogen) atoms. The Morgan fingerprint density at radius 2 is 2.00 bits per heavy atom. The summed E-state index contributed by atoms with van der Waals surface area (Å²) in [7, 11) is 0. The summed E-state index contributed by atoms with van der Waals surface area (Å²) in [6, 6.07) is 5.12. The maximum atomic E-state index is 10.8. The number of carboxylic acid groups (broad SMARTS) is 1. The van der Waals surface area contributed by atoms with Crippen molar-refractivity contribution in [1.82, 2.24) is 5.32 Å². The topological polar surface area (TPSA) is 92.5 Å². The van der Waals surface area contributed by atoms with E-state index in [0.29, 0.717) is 5.56 Å². The van der Waals surface area contributed by atoms with Crippen molar-refractivity contribution in [2.45, 2.75) is 25.9 Å². The average Bonchev–Trinajstić information content (AvgIpc) is 2.28. The summed E-state index contributed by atoms with van der Waals surface area (Å²) in [5, 5.41) is 22.4. The van der Waals surface area contributed by atoms with E-state index in [2.05, 4.69) is 5.32 Å². The molecule has 2 unspecified atom stereocenters. The van der Waals surface area contributed by atoms with Crippen molar-refractivity contribution in [1.29, 1.82) is 0 Å². The van der Waals surface area contributed by atoms with Crippen LogP contribution in [0.4, 0.5) is 5.69 Å². The number of aliphatic carboxylic acids is 1. The normalized spacial score (nSPS) is 14.0. The number of nitro groups is 1. The molecule has 0 aliphatic heterocycles. The van der Waals surface area contributed by atoms with Crippen LogP contribution in [0.25, 0.3) is 0 Å². The van der Waals surface area contributed by atoms with Crippen molar-refractivity contribution < 1.29 is 14.8 Å². The summed E-state index contributed by atoms with van der Waals surface area (Å²) < 4.78 is 0. The van der Waals surface area contributed by atoms with Crippen LogP contribution in [0.5, 0.6) is 0 Å². The number of rotatable bonds is 5. The highest BCUT2D eigenvalue weighted by molar-refractivity contribution is 5.72. The number of carbonyl (C=O) groups is 1. The summed E-state index contributed by atoms with van der Waals surface area (Å²) >= 11 is 0. The van der Waals surface area contributed by atoms with Gasteiger partial charge in [0, 0.05) is 17.7 Å². The number of benzene rings is 1. The molecule has 2 atom stereocenters. The summed E-state index contributed by atoms with van der Waals surface area (Å²) in [5.74, 6) is -0.990. The highest BCUT2D eigenvalue weighted by Crippen LogP contribution is 2.24. The predicted octanol–water partition coefficient (Wildman–Crippen LogP) is 1.72. The zero-order chi connectivity index (χ0) is 13.0. The van der Waals surface area contributed by atoms with Gasteiger partial charge in [-0.2, -0.15) is 0 Å². The molecule has 1 aromatic rings. The van der Waals surface area contributed by atoms with Gasteiger partial charge in [-0.3, -0.25) is 20.2 Å². The van der Waals surface area contributed by atoms with Gasteiger partial charge < -0.3 is 5.11 Å². The summed E-state index contributed by atoms with van der Waals surface area (Å²) in [5.41, 5.74) is 0.468. The molecule has 0 saturated carbocycles. The van der Waals surface area contributed by atoms with Crippen LogP contribution in [0.2, 0.25) is 0 Å². The van der Waals surface area contributed by atoms with Crippen LogP contribution < -0.4 is 5.32 Å². The lowest BCUT2D eigenvalue weighted by atomic mass is 10.1. The zero-order valence-electron chi connectivity index (χ0n) is 9.58. The maximum absolute atomic E-state index is 10.8. The predicted molar refractivity (Wildman–Crippen MR) is 61.7 cm³/mol. The highest BCUT2D eigenvalue weighted by atomic mass is 16.6. The van der Waals surface area contributed by atoms with Crippen LogP contribution in [0.3, 0.4) is 0 Å². The van der Waals surface area contributed by atoms with Crippen LogP contribution in [-0.2, 0) is 4.79 Å². The maximum Gasteiger partial charge on any atom is 0.320 e. The molecule has 0 aliphatic rings. The van der Waals surface area contributed by atoms with Crippen molar-refractivity contribution in [2.75, 3.05) is 0 Å². The van der Waals surface area contributed by atoms with Gasteiger partial charge >= 0.3 is 5.97 Å². The first-order valence-electron chi connectivity index (χ1n) is 5.15. The quantitative estimate of drug-likeness (QED) is 0.601. The Morgan fingerprint density at radius 3 is 2.53 bits per heavy atom. The molecule has 6 nitrogen and oxygen atoms in total. The van der Waals surface area contributed by atoms with Gasteiger partial charge in [0.1, 0.15) is 6.04 Å². The minimum absolute atomic E-state index is 0.00918. The van der Waals surface area contributed by atoms with Crippen LogP contribution >= 0.6 is 0 Å². The molecule has 2 N–H and O–H groups in total. The van der Waals surface area contributed by atoms with Gasteiger partial charge in [0.2, 0.25) is 0 Å². The molecule has 0 amide bonds. The van der Waals surface area contributed by atoms with E-state index in [0.717, 1.165) is 0 Å². The summed E-state index contributed by atoms with van der Waals surface area (Å²) in [6.45, 7) is 3.19. The fourth-order valence-corrected chi connectivity index (χ4v) is 1.56. The average molecular weight is 238 g/mol. The molecule has 0 saturated heterocycles. The van der Waals surface area contributed by atoms with E-state index >= 15 is 0 Å². The van der Waals surface area contributed by atoms with E-state index in [1.165, 1.54) is 13.0 Å². The molecule has 0 aliphatic carbocycles. The third kappa shape index (κ3) is 3.25. The first-order valence-corrected chi connectivity index (χ1v) is 5.15. The molecule has 0 spiro atoms. The molecule has 0 heterocycles. The standard InChI is InChI=1S/C11H14N2O4/c1-7(12-8(2)11(14)15)9-5-3-4-6-10(9)13(16)17/h3-8,12H,1-2H3,(H,14,15). The molecule has 0 aromatic heterocycles. The fraction of sp³-hybridized carbons (Fsp3) is 0.364. The van der Waals surface area contributed by atoms with Crippen molar-refractivity contribution in [3.63, 3.8) is 0 Å². The lowest BCUT2D eigenvalue weighted by Gasteiger charge is -2.17. The van der Waals surface area contributed by atoms with Crippen LogP contribution in [-0.4, -0.2) is 22.0 Å². The number of nitrogens with one attached hydrogen (secondary N) is 1. The molecule has 6 heteroatoms. The van der Waals surface area contributed by atoms with E-state index in [-0.39, 0.29) is 5.69 Å². The van der Waals surface area contributed by atoms with E-state index < -0.39 is 23.0 Å². The second-order valence-corrected chi connectivity index (χ2v) is 3.76. The molecule has 0 bridgehead atoms. The van der Waals surface area contributed by atoms with Gasteiger partial charge in [-0.25, -0.2) is 0 Å². The van der Waals surface area contributed by atoms with Crippen molar-refractivity contribution in [3.05, 3.63) is 39.9 Å². The second-order valence-electron chi connectivity index (χ2n) is 3.76. The number of carboxylic acids is 1. The van der Waals surface area contributed by atoms with Crippen molar-refractivity contribution >= 4 is 11.7 Å². The van der Waals surface area contributed by atoms with Gasteiger partial charge in [0.05, 0.1) is 4.92 Å². The van der Waals surface area contributed by atoms with E-state index in [1.54, 1.807) is 25.1 Å². The molecule has 0 fully saturated rings.